The number of hydrogen-bond donors (Lipinski definition) is 2. The third-order valence-electron chi connectivity index (χ3n) is 7.00. The molecule has 204 valence electrons. The van der Waals surface area contributed by atoms with Gasteiger partial charge in [-0.1, -0.05) is 0 Å². The Labute approximate surface area is 220 Å². The molecule has 37 heavy (non-hydrogen) atoms. The summed E-state index contributed by atoms with van der Waals surface area (Å²) in [5, 5.41) is 4.64. The van der Waals surface area contributed by atoms with Gasteiger partial charge in [0.1, 0.15) is 22.7 Å². The number of carbonyl (C=O) groups excluding carboxylic acids is 2. The fourth-order valence-electron chi connectivity index (χ4n) is 5.06. The summed E-state index contributed by atoms with van der Waals surface area (Å²) in [4.78, 5) is 36.5. The molecule has 2 aliphatic rings. The maximum absolute atomic E-state index is 12.4. The number of piperidine rings is 2. The fraction of sp³-hybridized carbons (Fsp3) is 0.679. The molecule has 0 aromatic carbocycles. The third kappa shape index (κ3) is 7.29. The van der Waals surface area contributed by atoms with Gasteiger partial charge < -0.3 is 29.6 Å². The van der Waals surface area contributed by atoms with E-state index in [4.69, 9.17) is 14.5 Å². The Morgan fingerprint density at radius 1 is 0.919 bits per heavy atom. The minimum atomic E-state index is -0.473. The van der Waals surface area contributed by atoms with Crippen molar-refractivity contribution in [3.8, 4) is 0 Å². The van der Waals surface area contributed by atoms with Crippen LogP contribution < -0.4 is 5.32 Å². The van der Waals surface area contributed by atoms with Gasteiger partial charge in [0.05, 0.1) is 0 Å². The van der Waals surface area contributed by atoms with Crippen LogP contribution in [-0.4, -0.2) is 75.9 Å². The molecule has 2 aromatic rings. The molecule has 0 unspecified atom stereocenters. The molecule has 2 saturated heterocycles. The molecule has 2 N–H and O–H groups in total. The van der Waals surface area contributed by atoms with Crippen LogP contribution in [0.4, 0.5) is 15.4 Å². The predicted octanol–water partition coefficient (Wildman–Crippen LogP) is 5.74. The van der Waals surface area contributed by atoms with Crippen molar-refractivity contribution >= 4 is 29.0 Å². The molecule has 2 fully saturated rings. The summed E-state index contributed by atoms with van der Waals surface area (Å²) in [5.74, 6) is 1.74. The lowest BCUT2D eigenvalue weighted by Gasteiger charge is -2.33. The van der Waals surface area contributed by atoms with E-state index in [-0.39, 0.29) is 12.2 Å². The number of carbonyl (C=O) groups is 2. The number of nitrogens with one attached hydrogen (secondary N) is 2. The zero-order valence-electron chi connectivity index (χ0n) is 23.2. The summed E-state index contributed by atoms with van der Waals surface area (Å²) in [6.45, 7) is 15.1. The molecule has 4 rings (SSSR count). The Balaban J connectivity index is 1.27. The predicted molar refractivity (Wildman–Crippen MR) is 145 cm³/mol. The van der Waals surface area contributed by atoms with E-state index in [2.05, 4.69) is 22.6 Å². The minimum absolute atomic E-state index is 0.218. The minimum Gasteiger partial charge on any atom is -0.444 e. The molecule has 2 amide bonds. The quantitative estimate of drug-likeness (QED) is 0.541. The van der Waals surface area contributed by atoms with E-state index in [1.807, 2.05) is 57.4 Å². The van der Waals surface area contributed by atoms with E-state index in [0.717, 1.165) is 62.2 Å². The number of anilines is 1. The van der Waals surface area contributed by atoms with E-state index in [9.17, 15) is 9.59 Å². The Kier molecular flexibility index (Phi) is 7.90. The number of aromatic nitrogens is 2. The number of amides is 2. The molecule has 2 aromatic heterocycles. The van der Waals surface area contributed by atoms with Gasteiger partial charge in [-0.25, -0.2) is 14.6 Å². The van der Waals surface area contributed by atoms with E-state index in [1.54, 1.807) is 0 Å². The highest BCUT2D eigenvalue weighted by molar-refractivity contribution is 5.82. The van der Waals surface area contributed by atoms with Crippen molar-refractivity contribution in [3.63, 3.8) is 0 Å². The van der Waals surface area contributed by atoms with Crippen LogP contribution in [0.15, 0.2) is 18.3 Å². The Hall–Kier alpha value is -2.97. The topological polar surface area (TPSA) is 99.8 Å². The molecule has 0 aliphatic carbocycles. The second-order valence-corrected chi connectivity index (χ2v) is 12.4. The lowest BCUT2D eigenvalue weighted by Crippen LogP contribution is -2.42. The van der Waals surface area contributed by atoms with Crippen LogP contribution in [-0.2, 0) is 9.47 Å². The highest BCUT2D eigenvalue weighted by Gasteiger charge is 2.29. The van der Waals surface area contributed by atoms with Crippen molar-refractivity contribution in [2.75, 3.05) is 38.0 Å². The summed E-state index contributed by atoms with van der Waals surface area (Å²) < 4.78 is 11.0. The van der Waals surface area contributed by atoms with Gasteiger partial charge in [0.15, 0.2) is 0 Å². The normalized spacial score (nSPS) is 18.2. The van der Waals surface area contributed by atoms with Crippen molar-refractivity contribution in [1.29, 1.82) is 0 Å². The van der Waals surface area contributed by atoms with E-state index in [1.165, 1.54) is 5.56 Å². The summed E-state index contributed by atoms with van der Waals surface area (Å²) in [6.07, 6.45) is 5.35. The number of pyridine rings is 1. The number of hydrogen-bond acceptors (Lipinski definition) is 6. The maximum Gasteiger partial charge on any atom is 0.410 e. The molecule has 9 heteroatoms. The molecule has 4 heterocycles. The molecule has 0 spiro atoms. The van der Waals surface area contributed by atoms with Crippen LogP contribution in [0, 0.1) is 5.92 Å². The zero-order valence-corrected chi connectivity index (χ0v) is 23.2. The molecule has 2 aliphatic heterocycles. The number of nitrogens with zero attached hydrogens (tertiary/aromatic N) is 3. The average molecular weight is 514 g/mol. The number of aromatic amines is 1. The van der Waals surface area contributed by atoms with Gasteiger partial charge in [-0.2, -0.15) is 0 Å². The maximum atomic E-state index is 12.4. The van der Waals surface area contributed by atoms with Crippen LogP contribution in [0.1, 0.15) is 78.7 Å². The first kappa shape index (κ1) is 27.1. The lowest BCUT2D eigenvalue weighted by molar-refractivity contribution is 0.0183. The van der Waals surface area contributed by atoms with E-state index >= 15 is 0 Å². The van der Waals surface area contributed by atoms with Gasteiger partial charge in [-0.05, 0) is 96.8 Å². The fourth-order valence-corrected chi connectivity index (χ4v) is 5.06. The second-order valence-electron chi connectivity index (χ2n) is 12.4. The highest BCUT2D eigenvalue weighted by atomic mass is 16.6. The first-order chi connectivity index (χ1) is 17.4. The molecule has 0 atom stereocenters. The second kappa shape index (κ2) is 10.8. The lowest BCUT2D eigenvalue weighted by atomic mass is 9.89. The van der Waals surface area contributed by atoms with Crippen LogP contribution in [0.2, 0.25) is 0 Å². The summed E-state index contributed by atoms with van der Waals surface area (Å²) in [7, 11) is 0. The van der Waals surface area contributed by atoms with Crippen molar-refractivity contribution in [3.05, 3.63) is 23.9 Å². The Morgan fingerprint density at radius 2 is 1.46 bits per heavy atom. The summed E-state index contributed by atoms with van der Waals surface area (Å²) >= 11 is 0. The first-order valence-electron chi connectivity index (χ1n) is 13.6. The van der Waals surface area contributed by atoms with Gasteiger partial charge in [-0.15, -0.1) is 0 Å². The van der Waals surface area contributed by atoms with Crippen LogP contribution in [0.3, 0.4) is 0 Å². The van der Waals surface area contributed by atoms with Crippen LogP contribution in [0.25, 0.3) is 11.0 Å². The molecule has 0 bridgehead atoms. The van der Waals surface area contributed by atoms with Gasteiger partial charge in [0.25, 0.3) is 0 Å². The van der Waals surface area contributed by atoms with Crippen LogP contribution in [0.5, 0.6) is 0 Å². The van der Waals surface area contributed by atoms with Crippen molar-refractivity contribution < 1.29 is 19.1 Å². The molecular formula is C28H43N5O4. The number of fused-ring (bicyclic) bond motifs is 1. The third-order valence-corrected chi connectivity index (χ3v) is 7.00. The number of H-pyrrole nitrogens is 1. The van der Waals surface area contributed by atoms with Gasteiger partial charge in [0.2, 0.25) is 0 Å². The largest absolute Gasteiger partial charge is 0.444 e. The first-order valence-corrected chi connectivity index (χ1v) is 13.6. The Morgan fingerprint density at radius 3 is 2.00 bits per heavy atom. The summed E-state index contributed by atoms with van der Waals surface area (Å²) in [6, 6.07) is 4.19. The molecular weight excluding hydrogens is 470 g/mol. The van der Waals surface area contributed by atoms with Crippen molar-refractivity contribution in [1.82, 2.24) is 19.8 Å². The molecule has 0 saturated carbocycles. The standard InChI is InChI=1S/C28H43N5O4/c1-27(2,3)36-25(34)32-13-9-19(10-14-32)17-29-23-8-7-21-22(18-30-24(21)31-23)20-11-15-33(16-12-20)26(35)37-28(4,5)6/h7-8,18-20H,9-17H2,1-6H3,(H2,29,30,31). The Bertz CT molecular complexity index is 1080. The van der Waals surface area contributed by atoms with E-state index < -0.39 is 11.2 Å². The summed E-state index contributed by atoms with van der Waals surface area (Å²) in [5.41, 5.74) is 1.22. The van der Waals surface area contributed by atoms with Gasteiger partial charge >= 0.3 is 12.2 Å². The monoisotopic (exact) mass is 513 g/mol. The number of rotatable bonds is 4. The number of likely N-dealkylation sites (tertiary alicyclic amines) is 2. The van der Waals surface area contributed by atoms with Crippen molar-refractivity contribution in [2.45, 2.75) is 84.3 Å². The SMILES string of the molecule is CC(C)(C)OC(=O)N1CCC(CNc2ccc3c(C4CCN(C(=O)OC(C)(C)C)CC4)c[nH]c3n2)CC1. The van der Waals surface area contributed by atoms with Crippen LogP contribution >= 0.6 is 0 Å². The molecule has 0 radical (unpaired) electrons. The van der Waals surface area contributed by atoms with Gasteiger partial charge in [0, 0.05) is 44.3 Å². The smallest absolute Gasteiger partial charge is 0.410 e. The zero-order chi connectivity index (χ0) is 26.8. The average Bonchev–Trinajstić information content (AvgIpc) is 3.24. The highest BCUT2D eigenvalue weighted by Crippen LogP contribution is 2.33. The van der Waals surface area contributed by atoms with Crippen molar-refractivity contribution in [2.24, 2.45) is 5.92 Å². The van der Waals surface area contributed by atoms with E-state index in [0.29, 0.717) is 24.9 Å². The number of ether oxygens (including phenoxy) is 2. The van der Waals surface area contributed by atoms with Gasteiger partial charge in [-0.3, -0.25) is 0 Å². The molecule has 9 nitrogen and oxygen atoms in total.